The predicted octanol–water partition coefficient (Wildman–Crippen LogP) is 2.94. The summed E-state index contributed by atoms with van der Waals surface area (Å²) >= 11 is 5.80. The number of hydrogen-bond donors (Lipinski definition) is 1. The highest BCUT2D eigenvalue weighted by Crippen LogP contribution is 2.21. The molecule has 6 heteroatoms. The fraction of sp³-hybridized carbons (Fsp3) is 0.500. The summed E-state index contributed by atoms with van der Waals surface area (Å²) in [6.45, 7) is 5.58. The van der Waals surface area contributed by atoms with E-state index in [0.29, 0.717) is 0 Å². The molecule has 0 unspecified atom stereocenters. The Labute approximate surface area is 112 Å². The van der Waals surface area contributed by atoms with E-state index in [1.807, 2.05) is 13.8 Å². The van der Waals surface area contributed by atoms with Gasteiger partial charge >= 0.3 is 0 Å². The van der Waals surface area contributed by atoms with Gasteiger partial charge in [-0.3, -0.25) is 0 Å². The van der Waals surface area contributed by atoms with Crippen LogP contribution in [0.3, 0.4) is 0 Å². The van der Waals surface area contributed by atoms with Crippen molar-refractivity contribution in [3.8, 4) is 0 Å². The van der Waals surface area contributed by atoms with Gasteiger partial charge in [-0.15, -0.1) is 0 Å². The first-order chi connectivity index (χ1) is 8.23. The van der Waals surface area contributed by atoms with E-state index in [1.165, 1.54) is 18.2 Å². The van der Waals surface area contributed by atoms with Crippen LogP contribution in [0.25, 0.3) is 0 Å². The molecule has 0 bridgehead atoms. The summed E-state index contributed by atoms with van der Waals surface area (Å²) in [5, 5.41) is 0.123. The zero-order chi connectivity index (χ0) is 13.9. The average molecular weight is 294 g/mol. The number of rotatable bonds is 5. The van der Waals surface area contributed by atoms with Crippen molar-refractivity contribution in [2.45, 2.75) is 32.6 Å². The third-order valence-electron chi connectivity index (χ3n) is 2.76. The van der Waals surface area contributed by atoms with E-state index in [4.69, 9.17) is 11.6 Å². The van der Waals surface area contributed by atoms with E-state index in [1.54, 1.807) is 6.92 Å². The molecule has 0 aromatic heterocycles. The molecular formula is C12H17ClFNO2S. The second-order valence-electron chi connectivity index (χ2n) is 4.61. The fourth-order valence-corrected chi connectivity index (χ4v) is 3.23. The molecular weight excluding hydrogens is 277 g/mol. The average Bonchev–Trinajstić information content (AvgIpc) is 2.23. The van der Waals surface area contributed by atoms with Crippen molar-refractivity contribution in [3.63, 3.8) is 0 Å². The van der Waals surface area contributed by atoms with Gasteiger partial charge in [0.25, 0.3) is 0 Å². The van der Waals surface area contributed by atoms with Crippen LogP contribution in [0.15, 0.2) is 18.2 Å². The number of sulfonamides is 1. The summed E-state index contributed by atoms with van der Waals surface area (Å²) in [4.78, 5) is 0. The van der Waals surface area contributed by atoms with Gasteiger partial charge < -0.3 is 0 Å². The molecule has 0 amide bonds. The van der Waals surface area contributed by atoms with E-state index >= 15 is 0 Å². The van der Waals surface area contributed by atoms with Gasteiger partial charge in [0.05, 0.1) is 5.75 Å². The number of halogens is 2. The lowest BCUT2D eigenvalue weighted by molar-refractivity contribution is 0.475. The molecule has 0 radical (unpaired) electrons. The van der Waals surface area contributed by atoms with Crippen LogP contribution in [-0.4, -0.2) is 14.5 Å². The van der Waals surface area contributed by atoms with Gasteiger partial charge in [-0.2, -0.15) is 0 Å². The highest BCUT2D eigenvalue weighted by molar-refractivity contribution is 7.88. The molecule has 1 rings (SSSR count). The molecule has 3 nitrogen and oxygen atoms in total. The molecule has 0 spiro atoms. The van der Waals surface area contributed by atoms with Gasteiger partial charge in [0.1, 0.15) is 5.82 Å². The Bertz CT molecular complexity index is 497. The highest BCUT2D eigenvalue weighted by atomic mass is 35.5. The van der Waals surface area contributed by atoms with Gasteiger partial charge in [0, 0.05) is 16.6 Å². The molecule has 0 fully saturated rings. The van der Waals surface area contributed by atoms with Crippen LogP contribution in [0.4, 0.5) is 4.39 Å². The molecule has 0 aliphatic carbocycles. The first-order valence-electron chi connectivity index (χ1n) is 5.66. The summed E-state index contributed by atoms with van der Waals surface area (Å²) in [7, 11) is -3.60. The molecule has 0 saturated heterocycles. The Hall–Kier alpha value is -0.650. The number of hydrogen-bond acceptors (Lipinski definition) is 2. The minimum absolute atomic E-state index is 0.00243. The van der Waals surface area contributed by atoms with Crippen molar-refractivity contribution in [3.05, 3.63) is 34.6 Å². The Morgan fingerprint density at radius 1 is 1.33 bits per heavy atom. The van der Waals surface area contributed by atoms with Crippen molar-refractivity contribution >= 4 is 21.6 Å². The van der Waals surface area contributed by atoms with Gasteiger partial charge in [0.2, 0.25) is 10.0 Å². The van der Waals surface area contributed by atoms with E-state index in [0.717, 1.165) is 0 Å². The minimum Gasteiger partial charge on any atom is -0.212 e. The van der Waals surface area contributed by atoms with E-state index < -0.39 is 21.6 Å². The summed E-state index contributed by atoms with van der Waals surface area (Å²) in [6, 6.07) is 3.91. The second-order valence-corrected chi connectivity index (χ2v) is 6.77. The normalized spacial score (nSPS) is 13.9. The molecule has 0 aliphatic heterocycles. The lowest BCUT2D eigenvalue weighted by atomic mass is 10.1. The second kappa shape index (κ2) is 5.99. The van der Waals surface area contributed by atoms with E-state index in [2.05, 4.69) is 4.72 Å². The van der Waals surface area contributed by atoms with Crippen molar-refractivity contribution in [1.82, 2.24) is 4.72 Å². The topological polar surface area (TPSA) is 46.2 Å². The molecule has 0 heterocycles. The first-order valence-corrected chi connectivity index (χ1v) is 7.69. The van der Waals surface area contributed by atoms with Gasteiger partial charge in [-0.05, 0) is 25.0 Å². The quantitative estimate of drug-likeness (QED) is 0.907. The van der Waals surface area contributed by atoms with E-state index in [9.17, 15) is 12.8 Å². The third-order valence-corrected chi connectivity index (χ3v) is 4.52. The van der Waals surface area contributed by atoms with Crippen LogP contribution in [0.5, 0.6) is 0 Å². The maximum absolute atomic E-state index is 13.5. The highest BCUT2D eigenvalue weighted by Gasteiger charge is 2.20. The summed E-state index contributed by atoms with van der Waals surface area (Å²) in [5.74, 6) is -0.892. The van der Waals surface area contributed by atoms with Crippen molar-refractivity contribution in [2.75, 3.05) is 0 Å². The summed E-state index contributed by atoms with van der Waals surface area (Å²) < 4.78 is 39.8. The van der Waals surface area contributed by atoms with Crippen LogP contribution >= 0.6 is 11.6 Å². The lowest BCUT2D eigenvalue weighted by Crippen LogP contribution is -2.37. The number of benzene rings is 1. The molecule has 18 heavy (non-hydrogen) atoms. The molecule has 1 aromatic rings. The Morgan fingerprint density at radius 2 is 1.94 bits per heavy atom. The monoisotopic (exact) mass is 293 g/mol. The largest absolute Gasteiger partial charge is 0.216 e. The zero-order valence-corrected chi connectivity index (χ0v) is 12.1. The van der Waals surface area contributed by atoms with Crippen LogP contribution in [0.1, 0.15) is 26.3 Å². The molecule has 1 N–H and O–H groups in total. The van der Waals surface area contributed by atoms with Crippen molar-refractivity contribution in [2.24, 2.45) is 5.92 Å². The van der Waals surface area contributed by atoms with Crippen LogP contribution in [0, 0.1) is 11.7 Å². The van der Waals surface area contributed by atoms with Gasteiger partial charge in [-0.1, -0.05) is 31.5 Å². The third kappa shape index (κ3) is 4.23. The molecule has 0 aliphatic rings. The maximum Gasteiger partial charge on any atom is 0.216 e. The molecule has 1 atom stereocenters. The smallest absolute Gasteiger partial charge is 0.212 e. The van der Waals surface area contributed by atoms with E-state index in [-0.39, 0.29) is 22.5 Å². The molecule has 102 valence electrons. The van der Waals surface area contributed by atoms with Crippen molar-refractivity contribution < 1.29 is 12.8 Å². The fourth-order valence-electron chi connectivity index (χ4n) is 1.32. The zero-order valence-electron chi connectivity index (χ0n) is 10.6. The van der Waals surface area contributed by atoms with Gasteiger partial charge in [0.15, 0.2) is 0 Å². The van der Waals surface area contributed by atoms with Crippen LogP contribution in [0.2, 0.25) is 5.02 Å². The molecule has 0 saturated carbocycles. The van der Waals surface area contributed by atoms with Crippen LogP contribution in [-0.2, 0) is 15.8 Å². The minimum atomic E-state index is -3.60. The maximum atomic E-state index is 13.5. The Morgan fingerprint density at radius 3 is 2.44 bits per heavy atom. The summed E-state index contributed by atoms with van der Waals surface area (Å²) in [5.41, 5.74) is 0.00243. The van der Waals surface area contributed by atoms with Crippen LogP contribution < -0.4 is 4.72 Å². The lowest BCUT2D eigenvalue weighted by Gasteiger charge is -2.17. The number of nitrogens with one attached hydrogen (secondary N) is 1. The van der Waals surface area contributed by atoms with Crippen molar-refractivity contribution in [1.29, 1.82) is 0 Å². The molecule has 1 aromatic carbocycles. The Balaban J connectivity index is 2.90. The SMILES string of the molecule is CC(C)[C@H](C)NS(=O)(=O)Cc1c(F)cccc1Cl. The standard InChI is InChI=1S/C12H17ClFNO2S/c1-8(2)9(3)15-18(16,17)7-10-11(13)5-4-6-12(10)14/h4-6,8-9,15H,7H2,1-3H3/t9-/m0/s1. The first kappa shape index (κ1) is 15.4. The van der Waals surface area contributed by atoms with Gasteiger partial charge in [-0.25, -0.2) is 17.5 Å². The Kier molecular flexibility index (Phi) is 5.13. The predicted molar refractivity (Wildman–Crippen MR) is 71.5 cm³/mol. The summed E-state index contributed by atoms with van der Waals surface area (Å²) in [6.07, 6.45) is 0.